The Kier molecular flexibility index (Phi) is 4.98. The summed E-state index contributed by atoms with van der Waals surface area (Å²) in [6.07, 6.45) is 4.73. The molecule has 1 aliphatic heterocycles. The average Bonchev–Trinajstić information content (AvgIpc) is 3.25. The van der Waals surface area contributed by atoms with Crippen molar-refractivity contribution in [3.05, 3.63) is 66.1 Å². The number of ether oxygens (including phenoxy) is 2. The molecule has 0 bridgehead atoms. The zero-order valence-corrected chi connectivity index (χ0v) is 17.7. The van der Waals surface area contributed by atoms with E-state index in [-0.39, 0.29) is 6.17 Å². The topological polar surface area (TPSA) is 111 Å². The molecule has 0 aliphatic carbocycles. The predicted molar refractivity (Wildman–Crippen MR) is 125 cm³/mol. The number of aryl methyl sites for hydroxylation is 1. The van der Waals surface area contributed by atoms with Gasteiger partial charge in [-0.15, -0.1) is 0 Å². The minimum absolute atomic E-state index is 0.272. The van der Waals surface area contributed by atoms with E-state index in [2.05, 4.69) is 25.7 Å². The van der Waals surface area contributed by atoms with E-state index in [0.717, 1.165) is 33.9 Å². The number of fused-ring (bicyclic) bond motifs is 2. The Morgan fingerprint density at radius 3 is 2.91 bits per heavy atom. The van der Waals surface area contributed by atoms with Gasteiger partial charge in [0.1, 0.15) is 29.7 Å². The van der Waals surface area contributed by atoms with Gasteiger partial charge in [0.15, 0.2) is 5.65 Å². The molecule has 0 spiro atoms. The molecule has 0 radical (unpaired) electrons. The van der Waals surface area contributed by atoms with E-state index < -0.39 is 0 Å². The van der Waals surface area contributed by atoms with Gasteiger partial charge in [0.25, 0.3) is 0 Å². The molecule has 3 heterocycles. The molecule has 0 saturated carbocycles. The van der Waals surface area contributed by atoms with Crippen molar-refractivity contribution in [3.8, 4) is 17.2 Å². The highest BCUT2D eigenvalue weighted by Gasteiger charge is 2.20. The molecular weight excluding hydrogens is 406 g/mol. The fraction of sp³-hybridized carbons (Fsp3) is 0.174. The van der Waals surface area contributed by atoms with E-state index in [1.54, 1.807) is 10.9 Å². The number of aliphatic imine (C=N–C) groups is 1. The van der Waals surface area contributed by atoms with Crippen LogP contribution < -0.4 is 25.8 Å². The maximum atomic E-state index is 6.17. The van der Waals surface area contributed by atoms with Crippen LogP contribution in [-0.2, 0) is 0 Å². The summed E-state index contributed by atoms with van der Waals surface area (Å²) in [5.41, 5.74) is 11.3. The molecule has 4 aromatic rings. The van der Waals surface area contributed by atoms with Crippen LogP contribution in [0, 0.1) is 6.92 Å². The van der Waals surface area contributed by atoms with Crippen LogP contribution in [-0.4, -0.2) is 27.5 Å². The SMILES string of the molecule is CCOc1cc2c(cc1N)C(Nc1ccc(Oc3ccn4ncnc4c3)c(C)c1)N=CN2. The second-order valence-corrected chi connectivity index (χ2v) is 7.39. The Labute approximate surface area is 184 Å². The molecule has 0 saturated heterocycles. The summed E-state index contributed by atoms with van der Waals surface area (Å²) in [6.45, 7) is 4.49. The van der Waals surface area contributed by atoms with Gasteiger partial charge in [-0.25, -0.2) is 14.5 Å². The summed E-state index contributed by atoms with van der Waals surface area (Å²) < 4.78 is 13.4. The molecule has 0 amide bonds. The van der Waals surface area contributed by atoms with Gasteiger partial charge in [-0.3, -0.25) is 0 Å². The van der Waals surface area contributed by atoms with Gasteiger partial charge < -0.3 is 25.8 Å². The lowest BCUT2D eigenvalue weighted by Gasteiger charge is -2.24. The number of hydrogen-bond acceptors (Lipinski definition) is 8. The number of anilines is 3. The summed E-state index contributed by atoms with van der Waals surface area (Å²) in [5.74, 6) is 2.13. The van der Waals surface area contributed by atoms with Crippen molar-refractivity contribution in [2.75, 3.05) is 23.0 Å². The van der Waals surface area contributed by atoms with Crippen LogP contribution in [0.3, 0.4) is 0 Å². The monoisotopic (exact) mass is 429 g/mol. The number of rotatable bonds is 6. The van der Waals surface area contributed by atoms with Gasteiger partial charge in [-0.1, -0.05) is 0 Å². The van der Waals surface area contributed by atoms with Crippen LogP contribution in [0.4, 0.5) is 17.1 Å². The third-order valence-electron chi connectivity index (χ3n) is 5.18. The Balaban J connectivity index is 1.35. The molecule has 32 heavy (non-hydrogen) atoms. The van der Waals surface area contributed by atoms with Crippen molar-refractivity contribution in [1.29, 1.82) is 0 Å². The maximum Gasteiger partial charge on any atom is 0.158 e. The Morgan fingerprint density at radius 2 is 2.06 bits per heavy atom. The third-order valence-corrected chi connectivity index (χ3v) is 5.18. The number of pyridine rings is 1. The lowest BCUT2D eigenvalue weighted by molar-refractivity contribution is 0.342. The second-order valence-electron chi connectivity index (χ2n) is 7.39. The first kappa shape index (κ1) is 19.7. The van der Waals surface area contributed by atoms with Gasteiger partial charge in [-0.2, -0.15) is 5.10 Å². The largest absolute Gasteiger partial charge is 0.492 e. The number of nitrogens with zero attached hydrogens (tertiary/aromatic N) is 4. The zero-order valence-electron chi connectivity index (χ0n) is 17.7. The van der Waals surface area contributed by atoms with Gasteiger partial charge in [0, 0.05) is 29.6 Å². The third kappa shape index (κ3) is 3.76. The summed E-state index contributed by atoms with van der Waals surface area (Å²) in [6, 6.07) is 13.4. The molecular formula is C23H23N7O2. The number of hydrogen-bond donors (Lipinski definition) is 3. The van der Waals surface area contributed by atoms with Crippen molar-refractivity contribution in [2.24, 2.45) is 4.99 Å². The molecule has 2 aromatic heterocycles. The molecule has 1 unspecified atom stereocenters. The summed E-state index contributed by atoms with van der Waals surface area (Å²) in [7, 11) is 0. The Morgan fingerprint density at radius 1 is 1.16 bits per heavy atom. The highest BCUT2D eigenvalue weighted by Crippen LogP contribution is 2.37. The number of nitrogens with one attached hydrogen (secondary N) is 2. The van der Waals surface area contributed by atoms with Crippen LogP contribution in [0.2, 0.25) is 0 Å². The number of benzene rings is 2. The first-order valence-corrected chi connectivity index (χ1v) is 10.3. The first-order valence-electron chi connectivity index (χ1n) is 10.3. The molecule has 9 heteroatoms. The van der Waals surface area contributed by atoms with Crippen LogP contribution in [0.5, 0.6) is 17.2 Å². The highest BCUT2D eigenvalue weighted by atomic mass is 16.5. The van der Waals surface area contributed by atoms with Crippen LogP contribution in [0.15, 0.2) is 60.0 Å². The Hall–Kier alpha value is -4.27. The normalized spacial score (nSPS) is 14.6. The van der Waals surface area contributed by atoms with Crippen LogP contribution >= 0.6 is 0 Å². The molecule has 2 aromatic carbocycles. The second kappa shape index (κ2) is 8.10. The predicted octanol–water partition coefficient (Wildman–Crippen LogP) is 4.38. The summed E-state index contributed by atoms with van der Waals surface area (Å²) in [5, 5.41) is 10.7. The van der Waals surface area contributed by atoms with Crippen molar-refractivity contribution >= 4 is 29.0 Å². The highest BCUT2D eigenvalue weighted by molar-refractivity contribution is 5.83. The summed E-state index contributed by atoms with van der Waals surface area (Å²) in [4.78, 5) is 8.73. The molecule has 1 aliphatic rings. The van der Waals surface area contributed by atoms with Gasteiger partial charge >= 0.3 is 0 Å². The average molecular weight is 429 g/mol. The van der Waals surface area contributed by atoms with Crippen molar-refractivity contribution in [3.63, 3.8) is 0 Å². The van der Waals surface area contributed by atoms with Gasteiger partial charge in [0.2, 0.25) is 0 Å². The number of aromatic nitrogens is 3. The molecule has 9 nitrogen and oxygen atoms in total. The van der Waals surface area contributed by atoms with Gasteiger partial charge in [-0.05, 0) is 49.7 Å². The van der Waals surface area contributed by atoms with E-state index in [0.29, 0.717) is 23.8 Å². The van der Waals surface area contributed by atoms with Gasteiger partial charge in [0.05, 0.1) is 24.3 Å². The zero-order chi connectivity index (χ0) is 22.1. The van der Waals surface area contributed by atoms with Crippen molar-refractivity contribution in [2.45, 2.75) is 20.0 Å². The first-order chi connectivity index (χ1) is 15.6. The summed E-state index contributed by atoms with van der Waals surface area (Å²) >= 11 is 0. The van der Waals surface area contributed by atoms with Crippen molar-refractivity contribution < 1.29 is 9.47 Å². The van der Waals surface area contributed by atoms with Crippen molar-refractivity contribution in [1.82, 2.24) is 14.6 Å². The Bertz CT molecular complexity index is 1320. The molecule has 1 atom stereocenters. The molecule has 4 N–H and O–H groups in total. The smallest absolute Gasteiger partial charge is 0.158 e. The van der Waals surface area contributed by atoms with E-state index in [1.807, 2.05) is 62.5 Å². The van der Waals surface area contributed by atoms with E-state index >= 15 is 0 Å². The standard InChI is InChI=1S/C23H23N7O2/c1-3-31-21-11-19-17(10-18(21)24)23(27-12-25-19)29-15-4-5-20(14(2)8-15)32-16-6-7-30-22(9-16)26-13-28-30/h4-13,23,29H,3,24H2,1-2H3,(H,25,27). The van der Waals surface area contributed by atoms with E-state index in [9.17, 15) is 0 Å². The maximum absolute atomic E-state index is 6.17. The van der Waals surface area contributed by atoms with E-state index in [1.165, 1.54) is 6.33 Å². The van der Waals surface area contributed by atoms with Crippen LogP contribution in [0.1, 0.15) is 24.2 Å². The lowest BCUT2D eigenvalue weighted by atomic mass is 10.1. The fourth-order valence-corrected chi connectivity index (χ4v) is 3.62. The van der Waals surface area contributed by atoms with Crippen LogP contribution in [0.25, 0.3) is 5.65 Å². The van der Waals surface area contributed by atoms with E-state index in [4.69, 9.17) is 15.2 Å². The fourth-order valence-electron chi connectivity index (χ4n) is 3.62. The minimum Gasteiger partial charge on any atom is -0.492 e. The quantitative estimate of drug-likeness (QED) is 0.390. The number of nitrogen functional groups attached to an aromatic ring is 1. The lowest BCUT2D eigenvalue weighted by Crippen LogP contribution is -2.17. The minimum atomic E-state index is -0.272. The molecule has 0 fully saturated rings. The number of nitrogens with two attached hydrogens (primary N) is 1. The molecule has 162 valence electrons. The molecule has 5 rings (SSSR count).